The Morgan fingerprint density at radius 2 is 2.14 bits per heavy atom. The fourth-order valence-corrected chi connectivity index (χ4v) is 4.46. The van der Waals surface area contributed by atoms with Crippen LogP contribution in [0.5, 0.6) is 0 Å². The molecule has 0 aliphatic carbocycles. The number of carbonyl (C=O) groups excluding carboxylic acids is 2. The maximum Gasteiger partial charge on any atom is 0.230 e. The largest absolute Gasteiger partial charge is 0.360 e. The zero-order valence-corrected chi connectivity index (χ0v) is 17.3. The van der Waals surface area contributed by atoms with Crippen molar-refractivity contribution in [3.05, 3.63) is 23.9 Å². The van der Waals surface area contributed by atoms with Crippen molar-refractivity contribution in [3.63, 3.8) is 0 Å². The minimum absolute atomic E-state index is 0.00671. The van der Waals surface area contributed by atoms with Gasteiger partial charge >= 0.3 is 0 Å². The lowest BCUT2D eigenvalue weighted by atomic mass is 9.76. The molecule has 3 aliphatic heterocycles. The summed E-state index contributed by atoms with van der Waals surface area (Å²) < 4.78 is 11.4. The Kier molecular flexibility index (Phi) is 4.19. The van der Waals surface area contributed by atoms with Crippen molar-refractivity contribution < 1.29 is 18.8 Å². The smallest absolute Gasteiger partial charge is 0.230 e. The molecule has 2 fully saturated rings. The summed E-state index contributed by atoms with van der Waals surface area (Å²) in [5.41, 5.74) is -1.00. The van der Waals surface area contributed by atoms with Gasteiger partial charge in [0.2, 0.25) is 17.7 Å². The van der Waals surface area contributed by atoms with Crippen LogP contribution in [0.1, 0.15) is 52.3 Å². The van der Waals surface area contributed by atoms with Crippen molar-refractivity contribution in [2.45, 2.75) is 64.3 Å². The number of hydrogen-bond donors (Lipinski definition) is 0. The van der Waals surface area contributed by atoms with Crippen LogP contribution in [-0.4, -0.2) is 62.6 Å². The van der Waals surface area contributed by atoms with Gasteiger partial charge in [-0.3, -0.25) is 9.59 Å². The number of rotatable bonds is 4. The Bertz CT molecular complexity index is 840. The molecular weight excluding hydrogens is 360 g/mol. The van der Waals surface area contributed by atoms with Crippen molar-refractivity contribution in [1.29, 1.82) is 0 Å². The number of amides is 2. The molecular formula is C20H28N4O4. The van der Waals surface area contributed by atoms with E-state index in [1.54, 1.807) is 11.9 Å². The minimum Gasteiger partial charge on any atom is -0.360 e. The number of ether oxygens (including phenoxy) is 1. The van der Waals surface area contributed by atoms with Crippen LogP contribution in [0.15, 0.2) is 16.7 Å². The molecule has 4 atom stereocenters. The van der Waals surface area contributed by atoms with E-state index >= 15 is 0 Å². The molecule has 1 spiro atoms. The minimum atomic E-state index is -0.687. The van der Waals surface area contributed by atoms with Gasteiger partial charge in [0.05, 0.1) is 31.0 Å². The standard InChI is InChI=1S/C20H28N4O4/c1-11(2)16-21-13(22-28-16)9-23(6)17(25)14-12-7-8-20(27-12)10-24(19(3,4)5)18(26)15(14)20/h7-8,11-12,14-15H,9-10H2,1-6H3/t12-,14-,15-,20-/m0/s1. The molecule has 2 amide bonds. The summed E-state index contributed by atoms with van der Waals surface area (Å²) in [7, 11) is 1.71. The summed E-state index contributed by atoms with van der Waals surface area (Å²) in [6.07, 6.45) is 3.55. The molecule has 0 unspecified atom stereocenters. The summed E-state index contributed by atoms with van der Waals surface area (Å²) in [6.45, 7) is 10.7. The van der Waals surface area contributed by atoms with Gasteiger partial charge in [0.1, 0.15) is 5.60 Å². The van der Waals surface area contributed by atoms with Crippen molar-refractivity contribution in [2.75, 3.05) is 13.6 Å². The highest BCUT2D eigenvalue weighted by Gasteiger charge is 2.68. The topological polar surface area (TPSA) is 88.8 Å². The van der Waals surface area contributed by atoms with Gasteiger partial charge in [-0.1, -0.05) is 31.2 Å². The average Bonchev–Trinajstić information content (AvgIpc) is 3.34. The molecule has 2 saturated heterocycles. The summed E-state index contributed by atoms with van der Waals surface area (Å²) >= 11 is 0. The molecule has 152 valence electrons. The number of fused-ring (bicyclic) bond motifs is 1. The first-order valence-corrected chi connectivity index (χ1v) is 9.79. The molecule has 4 heterocycles. The van der Waals surface area contributed by atoms with Crippen LogP contribution in [0.3, 0.4) is 0 Å². The number of aromatic nitrogens is 2. The molecule has 0 aromatic carbocycles. The van der Waals surface area contributed by atoms with E-state index in [4.69, 9.17) is 9.26 Å². The summed E-state index contributed by atoms with van der Waals surface area (Å²) in [6, 6.07) is 0. The van der Waals surface area contributed by atoms with Crippen molar-refractivity contribution in [2.24, 2.45) is 11.8 Å². The molecule has 1 aromatic heterocycles. The molecule has 0 saturated carbocycles. The van der Waals surface area contributed by atoms with E-state index in [2.05, 4.69) is 10.1 Å². The lowest BCUT2D eigenvalue weighted by molar-refractivity contribution is -0.144. The van der Waals surface area contributed by atoms with E-state index in [9.17, 15) is 9.59 Å². The lowest BCUT2D eigenvalue weighted by Gasteiger charge is -2.34. The molecule has 4 rings (SSSR count). The SMILES string of the molecule is CC(C)c1nc(CN(C)C(=O)[C@H]2[C@@H]3C=C[C@@]4(CN(C(C)(C)C)C(=O)[C@H]24)O3)no1. The fraction of sp³-hybridized carbons (Fsp3) is 0.700. The van der Waals surface area contributed by atoms with Gasteiger partial charge in [0.25, 0.3) is 0 Å². The first-order valence-electron chi connectivity index (χ1n) is 9.79. The summed E-state index contributed by atoms with van der Waals surface area (Å²) in [5.74, 6) is 0.00918. The lowest BCUT2D eigenvalue weighted by Crippen LogP contribution is -2.47. The van der Waals surface area contributed by atoms with E-state index in [1.165, 1.54) is 0 Å². The predicted molar refractivity (Wildman–Crippen MR) is 100 cm³/mol. The molecule has 8 heteroatoms. The van der Waals surface area contributed by atoms with Crippen molar-refractivity contribution in [1.82, 2.24) is 19.9 Å². The third-order valence-electron chi connectivity index (χ3n) is 5.93. The summed E-state index contributed by atoms with van der Waals surface area (Å²) in [5, 5.41) is 3.96. The van der Waals surface area contributed by atoms with Gasteiger partial charge in [-0.15, -0.1) is 0 Å². The fourth-order valence-electron chi connectivity index (χ4n) is 4.46. The molecule has 2 bridgehead atoms. The Morgan fingerprint density at radius 3 is 2.75 bits per heavy atom. The predicted octanol–water partition coefficient (Wildman–Crippen LogP) is 1.73. The maximum absolute atomic E-state index is 13.3. The second-order valence-corrected chi connectivity index (χ2v) is 9.39. The van der Waals surface area contributed by atoms with E-state index in [0.29, 0.717) is 18.3 Å². The average molecular weight is 388 g/mol. The Labute approximate surface area is 164 Å². The molecule has 0 N–H and O–H groups in total. The van der Waals surface area contributed by atoms with Crippen LogP contribution < -0.4 is 0 Å². The second kappa shape index (κ2) is 6.14. The second-order valence-electron chi connectivity index (χ2n) is 9.39. The van der Waals surface area contributed by atoms with Gasteiger partial charge in [0, 0.05) is 18.5 Å². The monoisotopic (exact) mass is 388 g/mol. The highest BCUT2D eigenvalue weighted by molar-refractivity contribution is 5.93. The third kappa shape index (κ3) is 2.77. The number of carbonyl (C=O) groups is 2. The zero-order chi connectivity index (χ0) is 20.4. The van der Waals surface area contributed by atoms with Crippen LogP contribution >= 0.6 is 0 Å². The van der Waals surface area contributed by atoms with Gasteiger partial charge in [-0.05, 0) is 20.8 Å². The number of hydrogen-bond acceptors (Lipinski definition) is 6. The quantitative estimate of drug-likeness (QED) is 0.730. The van der Waals surface area contributed by atoms with E-state index in [1.807, 2.05) is 51.7 Å². The molecule has 28 heavy (non-hydrogen) atoms. The zero-order valence-electron chi connectivity index (χ0n) is 17.3. The number of nitrogens with zero attached hydrogens (tertiary/aromatic N) is 4. The van der Waals surface area contributed by atoms with Crippen molar-refractivity contribution in [3.8, 4) is 0 Å². The van der Waals surface area contributed by atoms with Gasteiger partial charge in [0.15, 0.2) is 5.82 Å². The highest BCUT2D eigenvalue weighted by Crippen LogP contribution is 2.53. The Balaban J connectivity index is 1.54. The summed E-state index contributed by atoms with van der Waals surface area (Å²) in [4.78, 5) is 34.2. The molecule has 8 nitrogen and oxygen atoms in total. The highest BCUT2D eigenvalue weighted by atomic mass is 16.5. The first kappa shape index (κ1) is 19.1. The Morgan fingerprint density at radius 1 is 1.43 bits per heavy atom. The normalized spacial score (nSPS) is 31.2. The van der Waals surface area contributed by atoms with E-state index < -0.39 is 17.4 Å². The van der Waals surface area contributed by atoms with E-state index in [0.717, 1.165) is 0 Å². The third-order valence-corrected chi connectivity index (χ3v) is 5.93. The van der Waals surface area contributed by atoms with Crippen molar-refractivity contribution >= 4 is 11.8 Å². The van der Waals surface area contributed by atoms with Crippen LogP contribution in [0.2, 0.25) is 0 Å². The van der Waals surface area contributed by atoms with Gasteiger partial charge in [-0.25, -0.2) is 0 Å². The van der Waals surface area contributed by atoms with Gasteiger partial charge in [-0.2, -0.15) is 4.98 Å². The first-order chi connectivity index (χ1) is 13.0. The molecule has 1 aromatic rings. The van der Waals surface area contributed by atoms with Gasteiger partial charge < -0.3 is 19.1 Å². The molecule has 3 aliphatic rings. The Hall–Kier alpha value is -2.22. The van der Waals surface area contributed by atoms with Crippen LogP contribution in [0.25, 0.3) is 0 Å². The van der Waals surface area contributed by atoms with E-state index in [-0.39, 0.29) is 35.9 Å². The van der Waals surface area contributed by atoms with Crippen LogP contribution in [0, 0.1) is 11.8 Å². The van der Waals surface area contributed by atoms with Crippen LogP contribution in [-0.2, 0) is 20.9 Å². The molecule has 0 radical (unpaired) electrons. The maximum atomic E-state index is 13.3. The number of likely N-dealkylation sites (tertiary alicyclic amines) is 1. The van der Waals surface area contributed by atoms with Crippen LogP contribution in [0.4, 0.5) is 0 Å².